The monoisotopic (exact) mass is 350 g/mol. The van der Waals surface area contributed by atoms with Gasteiger partial charge in [0, 0.05) is 30.6 Å². The zero-order chi connectivity index (χ0) is 17.5. The van der Waals surface area contributed by atoms with Crippen LogP contribution in [0.2, 0.25) is 5.02 Å². The predicted octanol–water partition coefficient (Wildman–Crippen LogP) is 3.73. The van der Waals surface area contributed by atoms with Crippen molar-refractivity contribution >= 4 is 29.0 Å². The number of halogens is 4. The van der Waals surface area contributed by atoms with Gasteiger partial charge in [0.2, 0.25) is 5.91 Å². The van der Waals surface area contributed by atoms with Gasteiger partial charge in [-0.2, -0.15) is 13.2 Å². The number of rotatable bonds is 8. The number of benzene rings is 1. The van der Waals surface area contributed by atoms with Crippen LogP contribution in [0, 0.1) is 0 Å². The van der Waals surface area contributed by atoms with Crippen molar-refractivity contribution in [2.75, 3.05) is 12.3 Å². The van der Waals surface area contributed by atoms with E-state index in [9.17, 15) is 22.8 Å². The Morgan fingerprint density at radius 3 is 2.48 bits per heavy atom. The molecule has 4 nitrogen and oxygen atoms in total. The fourth-order valence-corrected chi connectivity index (χ4v) is 2.12. The maximum absolute atomic E-state index is 12.0. The number of unbranched alkanes of at least 4 members (excludes halogenated alkanes) is 1. The Kier molecular flexibility index (Phi) is 7.35. The molecule has 0 saturated heterocycles. The number of Topliss-reactive ketones (excluding diaryl/α,β-unsaturated/α-hetero) is 1. The van der Waals surface area contributed by atoms with E-state index in [1.165, 1.54) is 12.1 Å². The first-order valence-corrected chi connectivity index (χ1v) is 7.48. The summed E-state index contributed by atoms with van der Waals surface area (Å²) in [5.74, 6) is -0.636. The third-order valence-corrected chi connectivity index (χ3v) is 3.41. The minimum atomic E-state index is -4.28. The summed E-state index contributed by atoms with van der Waals surface area (Å²) in [6.45, 7) is -0.430. The van der Waals surface area contributed by atoms with Crippen molar-refractivity contribution in [2.45, 2.75) is 38.3 Å². The number of nitrogens with two attached hydrogens (primary N) is 1. The van der Waals surface area contributed by atoms with Gasteiger partial charge in [0.15, 0.2) is 5.78 Å². The Morgan fingerprint density at radius 2 is 1.83 bits per heavy atom. The van der Waals surface area contributed by atoms with Gasteiger partial charge in [0.05, 0.1) is 11.4 Å². The number of nitrogens with one attached hydrogen (secondary N) is 1. The van der Waals surface area contributed by atoms with E-state index in [1.54, 1.807) is 6.07 Å². The summed E-state index contributed by atoms with van der Waals surface area (Å²) in [7, 11) is 0. The minimum absolute atomic E-state index is 0.0792. The van der Waals surface area contributed by atoms with Gasteiger partial charge in [0.1, 0.15) is 0 Å². The summed E-state index contributed by atoms with van der Waals surface area (Å²) >= 11 is 5.92. The van der Waals surface area contributed by atoms with Crippen molar-refractivity contribution in [3.05, 3.63) is 28.8 Å². The summed E-state index contributed by atoms with van der Waals surface area (Å²) in [5.41, 5.74) is 6.36. The zero-order valence-electron chi connectivity index (χ0n) is 12.4. The van der Waals surface area contributed by atoms with Gasteiger partial charge in [0.25, 0.3) is 0 Å². The van der Waals surface area contributed by atoms with Gasteiger partial charge in [-0.1, -0.05) is 11.6 Å². The van der Waals surface area contributed by atoms with Crippen LogP contribution >= 0.6 is 11.6 Å². The molecule has 1 amide bonds. The Bertz CT molecular complexity index is 562. The summed E-state index contributed by atoms with van der Waals surface area (Å²) in [5, 5.41) is 2.51. The normalized spacial score (nSPS) is 11.3. The second kappa shape index (κ2) is 8.76. The molecule has 0 bridgehead atoms. The van der Waals surface area contributed by atoms with Crippen molar-refractivity contribution in [3.63, 3.8) is 0 Å². The second-order valence-corrected chi connectivity index (χ2v) is 5.49. The molecule has 0 spiro atoms. The van der Waals surface area contributed by atoms with Gasteiger partial charge in [-0.05, 0) is 31.0 Å². The van der Waals surface area contributed by atoms with Gasteiger partial charge < -0.3 is 11.1 Å². The summed E-state index contributed by atoms with van der Waals surface area (Å²) in [4.78, 5) is 23.3. The van der Waals surface area contributed by atoms with E-state index < -0.39 is 25.0 Å². The third-order valence-electron chi connectivity index (χ3n) is 3.08. The van der Waals surface area contributed by atoms with Gasteiger partial charge >= 0.3 is 6.18 Å². The van der Waals surface area contributed by atoms with Gasteiger partial charge in [-0.15, -0.1) is 0 Å². The Hall–Kier alpha value is -1.76. The number of amides is 1. The smallest absolute Gasteiger partial charge is 0.390 e. The van der Waals surface area contributed by atoms with E-state index in [0.29, 0.717) is 29.1 Å². The molecule has 0 radical (unpaired) electrons. The molecule has 128 valence electrons. The topological polar surface area (TPSA) is 72.2 Å². The van der Waals surface area contributed by atoms with Crippen LogP contribution in [0.25, 0.3) is 0 Å². The molecule has 0 aliphatic carbocycles. The number of anilines is 1. The SMILES string of the molecule is Nc1ccc(Cl)c(C(=O)CCCCC(=O)NCCC(F)(F)F)c1. The van der Waals surface area contributed by atoms with Crippen LogP contribution in [-0.4, -0.2) is 24.4 Å². The standard InChI is InChI=1S/C15H18ClF3N2O2/c16-12-6-5-10(20)9-11(12)13(22)3-1-2-4-14(23)21-8-7-15(17,18)19/h5-6,9H,1-4,7-8,20H2,(H,21,23). The molecule has 8 heteroatoms. The maximum Gasteiger partial charge on any atom is 0.390 e. The molecule has 0 aliphatic heterocycles. The van der Waals surface area contributed by atoms with E-state index in [1.807, 2.05) is 0 Å². The highest BCUT2D eigenvalue weighted by atomic mass is 35.5. The van der Waals surface area contributed by atoms with Crippen LogP contribution in [0.4, 0.5) is 18.9 Å². The average molecular weight is 351 g/mol. The fraction of sp³-hybridized carbons (Fsp3) is 0.467. The molecule has 23 heavy (non-hydrogen) atoms. The molecule has 1 rings (SSSR count). The quantitative estimate of drug-likeness (QED) is 0.426. The number of carbonyl (C=O) groups is 2. The first-order chi connectivity index (χ1) is 10.7. The lowest BCUT2D eigenvalue weighted by Gasteiger charge is -2.08. The zero-order valence-corrected chi connectivity index (χ0v) is 13.1. The van der Waals surface area contributed by atoms with Crippen LogP contribution in [-0.2, 0) is 4.79 Å². The molecular weight excluding hydrogens is 333 g/mol. The molecule has 1 aromatic rings. The third kappa shape index (κ3) is 7.88. The molecule has 0 aromatic heterocycles. The molecule has 0 saturated carbocycles. The van der Waals surface area contributed by atoms with E-state index in [0.717, 1.165) is 0 Å². The lowest BCUT2D eigenvalue weighted by Crippen LogP contribution is -2.27. The highest BCUT2D eigenvalue weighted by molar-refractivity contribution is 6.34. The predicted molar refractivity (Wildman–Crippen MR) is 82.3 cm³/mol. The van der Waals surface area contributed by atoms with E-state index >= 15 is 0 Å². The first kappa shape index (κ1) is 19.3. The van der Waals surface area contributed by atoms with E-state index in [2.05, 4.69) is 5.32 Å². The molecular formula is C15H18ClF3N2O2. The Balaban J connectivity index is 2.25. The number of ketones is 1. The molecule has 3 N–H and O–H groups in total. The summed E-state index contributed by atoms with van der Waals surface area (Å²) < 4.78 is 35.7. The number of hydrogen-bond donors (Lipinski definition) is 2. The van der Waals surface area contributed by atoms with E-state index in [-0.39, 0.29) is 18.6 Å². The van der Waals surface area contributed by atoms with Crippen LogP contribution < -0.4 is 11.1 Å². The largest absolute Gasteiger partial charge is 0.399 e. The maximum atomic E-state index is 12.0. The average Bonchev–Trinajstić information content (AvgIpc) is 2.44. The molecule has 1 aromatic carbocycles. The van der Waals surface area contributed by atoms with Gasteiger partial charge in [-0.25, -0.2) is 0 Å². The van der Waals surface area contributed by atoms with Crippen molar-refractivity contribution in [2.24, 2.45) is 0 Å². The highest BCUT2D eigenvalue weighted by Gasteiger charge is 2.26. The molecule has 0 unspecified atom stereocenters. The minimum Gasteiger partial charge on any atom is -0.399 e. The van der Waals surface area contributed by atoms with Crippen LogP contribution in [0.1, 0.15) is 42.5 Å². The lowest BCUT2D eigenvalue weighted by atomic mass is 10.0. The van der Waals surface area contributed by atoms with Crippen LogP contribution in [0.5, 0.6) is 0 Å². The summed E-state index contributed by atoms with van der Waals surface area (Å²) in [6.07, 6.45) is -4.21. The molecule has 0 aliphatic rings. The van der Waals surface area contributed by atoms with Crippen LogP contribution in [0.15, 0.2) is 18.2 Å². The van der Waals surface area contributed by atoms with E-state index in [4.69, 9.17) is 17.3 Å². The second-order valence-electron chi connectivity index (χ2n) is 5.08. The Labute approximate surface area is 137 Å². The molecule has 0 atom stereocenters. The van der Waals surface area contributed by atoms with Crippen molar-refractivity contribution < 1.29 is 22.8 Å². The van der Waals surface area contributed by atoms with Crippen LogP contribution in [0.3, 0.4) is 0 Å². The number of carbonyl (C=O) groups excluding carboxylic acids is 2. The molecule has 0 fully saturated rings. The van der Waals surface area contributed by atoms with Crippen molar-refractivity contribution in [1.82, 2.24) is 5.32 Å². The fourth-order valence-electron chi connectivity index (χ4n) is 1.89. The number of hydrogen-bond acceptors (Lipinski definition) is 3. The lowest BCUT2D eigenvalue weighted by molar-refractivity contribution is -0.135. The number of alkyl halides is 3. The van der Waals surface area contributed by atoms with Crippen molar-refractivity contribution in [3.8, 4) is 0 Å². The van der Waals surface area contributed by atoms with Crippen molar-refractivity contribution in [1.29, 1.82) is 0 Å². The number of nitrogen functional groups attached to an aromatic ring is 1. The molecule has 0 heterocycles. The summed E-state index contributed by atoms with van der Waals surface area (Å²) in [6, 6.07) is 4.62. The first-order valence-electron chi connectivity index (χ1n) is 7.11. The highest BCUT2D eigenvalue weighted by Crippen LogP contribution is 2.21. The Morgan fingerprint density at radius 1 is 1.17 bits per heavy atom. The van der Waals surface area contributed by atoms with Gasteiger partial charge in [-0.3, -0.25) is 9.59 Å².